The molecule has 0 aliphatic carbocycles. The summed E-state index contributed by atoms with van der Waals surface area (Å²) in [6.45, 7) is 6.59. The number of para-hydroxylation sites is 2. The van der Waals surface area contributed by atoms with Crippen molar-refractivity contribution < 1.29 is 14.6 Å². The Hall–Kier alpha value is -3.68. The topological polar surface area (TPSA) is 79.4 Å². The van der Waals surface area contributed by atoms with Crippen molar-refractivity contribution in [2.75, 3.05) is 13.1 Å². The Morgan fingerprint density at radius 2 is 1.69 bits per heavy atom. The summed E-state index contributed by atoms with van der Waals surface area (Å²) < 4.78 is 7.66. The lowest BCUT2D eigenvalue weighted by Gasteiger charge is -2.19. The zero-order valence-corrected chi connectivity index (χ0v) is 20.4. The van der Waals surface area contributed by atoms with Gasteiger partial charge in [-0.1, -0.05) is 67.9 Å². The zero-order valence-electron chi connectivity index (χ0n) is 19.7. The number of hydrogen-bond donors (Lipinski definition) is 1. The van der Waals surface area contributed by atoms with Gasteiger partial charge in [-0.05, 0) is 49.0 Å². The number of carbonyl (C=O) groups excluding carboxylic acids is 1. The average Bonchev–Trinajstić information content (AvgIpc) is 3.15. The first-order chi connectivity index (χ1) is 17.0. The van der Waals surface area contributed by atoms with Crippen LogP contribution in [0.2, 0.25) is 5.02 Å². The molecular weight excluding hydrogens is 464 g/mol. The van der Waals surface area contributed by atoms with Gasteiger partial charge in [0.25, 0.3) is 5.91 Å². The van der Waals surface area contributed by atoms with Crippen LogP contribution in [0.5, 0.6) is 11.6 Å². The number of azo groups is 1. The summed E-state index contributed by atoms with van der Waals surface area (Å²) in [6, 6.07) is 21.7. The third-order valence-corrected chi connectivity index (χ3v) is 6.07. The van der Waals surface area contributed by atoms with Gasteiger partial charge in [0.15, 0.2) is 5.69 Å². The highest BCUT2D eigenvalue weighted by atomic mass is 35.5. The maximum atomic E-state index is 13.0. The number of nitrogens with zero attached hydrogens (tertiary/aromatic N) is 4. The quantitative estimate of drug-likeness (QED) is 0.261. The molecule has 0 saturated heterocycles. The van der Waals surface area contributed by atoms with E-state index in [4.69, 9.17) is 16.3 Å². The molecule has 3 aromatic carbocycles. The van der Waals surface area contributed by atoms with Gasteiger partial charge in [0.05, 0.1) is 17.7 Å². The van der Waals surface area contributed by atoms with E-state index < -0.39 is 5.91 Å². The van der Waals surface area contributed by atoms with Crippen molar-refractivity contribution in [3.05, 3.63) is 88.9 Å². The third-order valence-electron chi connectivity index (χ3n) is 5.82. The second-order valence-electron chi connectivity index (χ2n) is 7.98. The maximum absolute atomic E-state index is 13.0. The Bertz CT molecular complexity index is 1340. The van der Waals surface area contributed by atoms with E-state index in [0.717, 1.165) is 29.6 Å². The lowest BCUT2D eigenvalue weighted by molar-refractivity contribution is 0.0990. The van der Waals surface area contributed by atoms with E-state index in [9.17, 15) is 9.90 Å². The van der Waals surface area contributed by atoms with Crippen molar-refractivity contribution in [1.82, 2.24) is 9.47 Å². The number of amides is 1. The molecule has 4 aromatic rings. The molecule has 0 radical (unpaired) electrons. The summed E-state index contributed by atoms with van der Waals surface area (Å²) in [5.74, 6) is -0.182. The number of ether oxygens (including phenoxy) is 1. The molecule has 0 spiro atoms. The lowest BCUT2D eigenvalue weighted by Crippen LogP contribution is -2.25. The molecule has 35 heavy (non-hydrogen) atoms. The van der Waals surface area contributed by atoms with Crippen molar-refractivity contribution in [2.24, 2.45) is 10.2 Å². The van der Waals surface area contributed by atoms with Gasteiger partial charge >= 0.3 is 0 Å². The van der Waals surface area contributed by atoms with Crippen molar-refractivity contribution >= 4 is 34.1 Å². The Morgan fingerprint density at radius 1 is 1.00 bits per heavy atom. The fourth-order valence-corrected chi connectivity index (χ4v) is 3.92. The summed E-state index contributed by atoms with van der Waals surface area (Å²) in [7, 11) is 0. The highest BCUT2D eigenvalue weighted by Crippen LogP contribution is 2.39. The van der Waals surface area contributed by atoms with Gasteiger partial charge in [0.1, 0.15) is 12.4 Å². The van der Waals surface area contributed by atoms with Crippen molar-refractivity contribution in [3.8, 4) is 11.6 Å². The highest BCUT2D eigenvalue weighted by molar-refractivity contribution is 6.30. The van der Waals surface area contributed by atoms with Gasteiger partial charge in [-0.2, -0.15) is 0 Å². The fraction of sp³-hybridized carbons (Fsp3) is 0.222. The van der Waals surface area contributed by atoms with Crippen LogP contribution >= 0.6 is 11.6 Å². The number of aromatic hydroxyl groups is 1. The molecular formula is C27H27ClN4O3. The van der Waals surface area contributed by atoms with Gasteiger partial charge in [-0.3, -0.25) is 14.3 Å². The molecule has 1 amide bonds. The van der Waals surface area contributed by atoms with Gasteiger partial charge in [-0.25, -0.2) is 0 Å². The molecule has 7 nitrogen and oxygen atoms in total. The van der Waals surface area contributed by atoms with Crippen molar-refractivity contribution in [1.29, 1.82) is 0 Å². The Morgan fingerprint density at radius 3 is 2.43 bits per heavy atom. The average molecular weight is 491 g/mol. The van der Waals surface area contributed by atoms with Crippen LogP contribution in [0.4, 0.5) is 5.69 Å². The van der Waals surface area contributed by atoms with Gasteiger partial charge in [-0.15, -0.1) is 10.2 Å². The third kappa shape index (κ3) is 5.53. The second-order valence-corrected chi connectivity index (χ2v) is 8.41. The minimum atomic E-state index is -0.559. The summed E-state index contributed by atoms with van der Waals surface area (Å²) in [6.07, 6.45) is 0. The SMILES string of the molecule is CCN(CC)Cn1c(O)c(N=NC(=O)c2ccccc2OCc2ccc(Cl)cc2)c2ccccc21. The van der Waals surface area contributed by atoms with E-state index in [0.29, 0.717) is 17.4 Å². The minimum absolute atomic E-state index is 0.0260. The van der Waals surface area contributed by atoms with Crippen LogP contribution in [0.15, 0.2) is 83.0 Å². The Balaban J connectivity index is 1.59. The van der Waals surface area contributed by atoms with E-state index in [1.165, 1.54) is 0 Å². The number of rotatable bonds is 9. The molecule has 0 aliphatic rings. The summed E-state index contributed by atoms with van der Waals surface area (Å²) in [5.41, 5.74) is 2.30. The first-order valence-electron chi connectivity index (χ1n) is 11.5. The molecule has 0 bridgehead atoms. The van der Waals surface area contributed by atoms with Crippen LogP contribution in [-0.2, 0) is 13.3 Å². The van der Waals surface area contributed by atoms with Crippen LogP contribution in [0.1, 0.15) is 29.8 Å². The molecule has 0 atom stereocenters. The molecule has 1 aromatic heterocycles. The minimum Gasteiger partial charge on any atom is -0.493 e. The van der Waals surface area contributed by atoms with Crippen LogP contribution in [0.25, 0.3) is 10.9 Å². The van der Waals surface area contributed by atoms with Crippen LogP contribution in [0.3, 0.4) is 0 Å². The number of halogens is 1. The van der Waals surface area contributed by atoms with E-state index in [-0.39, 0.29) is 23.7 Å². The Labute approximate surface area is 209 Å². The molecule has 4 rings (SSSR count). The molecule has 1 N–H and O–H groups in total. The van der Waals surface area contributed by atoms with E-state index in [1.54, 1.807) is 41.0 Å². The molecule has 1 heterocycles. The van der Waals surface area contributed by atoms with E-state index >= 15 is 0 Å². The predicted molar refractivity (Wildman–Crippen MR) is 138 cm³/mol. The molecule has 0 saturated carbocycles. The zero-order chi connectivity index (χ0) is 24.8. The van der Waals surface area contributed by atoms with E-state index in [2.05, 4.69) is 29.0 Å². The highest BCUT2D eigenvalue weighted by Gasteiger charge is 2.19. The first-order valence-corrected chi connectivity index (χ1v) is 11.8. The van der Waals surface area contributed by atoms with Gasteiger partial charge in [0, 0.05) is 10.4 Å². The molecule has 180 valence electrons. The fourth-order valence-electron chi connectivity index (χ4n) is 3.80. The number of benzene rings is 3. The van der Waals surface area contributed by atoms with Crippen molar-refractivity contribution in [2.45, 2.75) is 27.1 Å². The lowest BCUT2D eigenvalue weighted by atomic mass is 10.2. The first kappa shape index (κ1) is 24.4. The second kappa shape index (κ2) is 11.2. The number of carbonyl (C=O) groups is 1. The van der Waals surface area contributed by atoms with E-state index in [1.807, 2.05) is 36.4 Å². The van der Waals surface area contributed by atoms with Crippen molar-refractivity contribution in [3.63, 3.8) is 0 Å². The molecule has 8 heteroatoms. The smallest absolute Gasteiger partial charge is 0.299 e. The number of fused-ring (bicyclic) bond motifs is 1. The molecule has 0 aliphatic heterocycles. The van der Waals surface area contributed by atoms with Gasteiger partial charge in [0.2, 0.25) is 5.88 Å². The number of hydrogen-bond acceptors (Lipinski definition) is 5. The summed E-state index contributed by atoms with van der Waals surface area (Å²) >= 11 is 5.94. The summed E-state index contributed by atoms with van der Waals surface area (Å²) in [5, 5.41) is 20.4. The standard InChI is InChI=1S/C27H27ClN4O3/c1-3-31(4-2)18-32-23-11-7-5-9-21(23)25(27(32)34)29-30-26(33)22-10-6-8-12-24(22)35-17-19-13-15-20(28)16-14-19/h5-16,34H,3-4,17-18H2,1-2H3. The summed E-state index contributed by atoms with van der Waals surface area (Å²) in [4.78, 5) is 15.1. The Kier molecular flexibility index (Phi) is 7.80. The largest absolute Gasteiger partial charge is 0.493 e. The normalized spacial score (nSPS) is 11.5. The number of aromatic nitrogens is 1. The van der Waals surface area contributed by atoms with Crippen LogP contribution in [-0.4, -0.2) is 33.6 Å². The van der Waals surface area contributed by atoms with Gasteiger partial charge < -0.3 is 9.84 Å². The van der Waals surface area contributed by atoms with Crippen LogP contribution < -0.4 is 4.74 Å². The molecule has 0 fully saturated rings. The molecule has 0 unspecified atom stereocenters. The van der Waals surface area contributed by atoms with Crippen LogP contribution in [0, 0.1) is 0 Å². The predicted octanol–water partition coefficient (Wildman–Crippen LogP) is 6.80. The monoisotopic (exact) mass is 490 g/mol. The maximum Gasteiger partial charge on any atom is 0.299 e.